The van der Waals surface area contributed by atoms with Crippen LogP contribution in [0, 0.1) is 5.92 Å². The fourth-order valence-corrected chi connectivity index (χ4v) is 3.02. The highest BCUT2D eigenvalue weighted by atomic mass is 16.5. The molecule has 1 aliphatic carbocycles. The Morgan fingerprint density at radius 2 is 2.00 bits per heavy atom. The molecule has 3 N–H and O–H groups in total. The van der Waals surface area contributed by atoms with Crippen molar-refractivity contribution in [2.75, 3.05) is 19.7 Å². The molecule has 0 radical (unpaired) electrons. The molecule has 1 atom stereocenters. The van der Waals surface area contributed by atoms with Crippen LogP contribution in [0.5, 0.6) is 0 Å². The Balaban J connectivity index is 2.32. The second kappa shape index (κ2) is 8.11. The van der Waals surface area contributed by atoms with Crippen LogP contribution in [0.1, 0.15) is 59.3 Å². The molecule has 5 nitrogen and oxygen atoms in total. The Hall–Kier alpha value is -0.650. The van der Waals surface area contributed by atoms with Gasteiger partial charge in [0.1, 0.15) is 0 Å². The molecule has 0 bridgehead atoms. The summed E-state index contributed by atoms with van der Waals surface area (Å²) in [6.07, 6.45) is 4.20. The van der Waals surface area contributed by atoms with Gasteiger partial charge in [0.15, 0.2) is 0 Å². The Labute approximate surface area is 128 Å². The fourth-order valence-electron chi connectivity index (χ4n) is 3.02. The molecular formula is C16H31NO4. The molecule has 0 saturated heterocycles. The van der Waals surface area contributed by atoms with Crippen LogP contribution in [-0.4, -0.2) is 47.1 Å². The van der Waals surface area contributed by atoms with Crippen molar-refractivity contribution in [3.8, 4) is 0 Å². The van der Waals surface area contributed by atoms with Crippen molar-refractivity contribution in [1.29, 1.82) is 0 Å². The molecule has 0 aromatic carbocycles. The second-order valence-electron chi connectivity index (χ2n) is 6.60. The van der Waals surface area contributed by atoms with Gasteiger partial charge < -0.3 is 20.3 Å². The van der Waals surface area contributed by atoms with E-state index in [2.05, 4.69) is 5.32 Å². The van der Waals surface area contributed by atoms with Gasteiger partial charge in [-0.2, -0.15) is 0 Å². The first-order valence-electron chi connectivity index (χ1n) is 8.14. The minimum Gasteiger partial charge on any atom is -0.466 e. The Morgan fingerprint density at radius 3 is 2.52 bits per heavy atom. The maximum absolute atomic E-state index is 11.7. The Bertz CT molecular complexity index is 322. The average molecular weight is 301 g/mol. The van der Waals surface area contributed by atoms with Gasteiger partial charge >= 0.3 is 5.97 Å². The van der Waals surface area contributed by atoms with Crippen molar-refractivity contribution in [2.24, 2.45) is 5.92 Å². The Kier molecular flexibility index (Phi) is 7.10. The average Bonchev–Trinajstić information content (AvgIpc) is 2.39. The molecule has 5 heteroatoms. The highest BCUT2D eigenvalue weighted by molar-refractivity contribution is 5.72. The summed E-state index contributed by atoms with van der Waals surface area (Å²) < 4.78 is 5.03. The van der Waals surface area contributed by atoms with Crippen LogP contribution in [-0.2, 0) is 9.53 Å². The minimum absolute atomic E-state index is 0.0755. The summed E-state index contributed by atoms with van der Waals surface area (Å²) in [5.74, 6) is -0.216. The monoisotopic (exact) mass is 301 g/mol. The third-order valence-electron chi connectivity index (χ3n) is 4.28. The maximum Gasteiger partial charge on any atom is 0.308 e. The van der Waals surface area contributed by atoms with E-state index in [-0.39, 0.29) is 11.9 Å². The number of ether oxygens (including phenoxy) is 1. The van der Waals surface area contributed by atoms with Crippen molar-refractivity contribution in [3.63, 3.8) is 0 Å². The van der Waals surface area contributed by atoms with Crippen molar-refractivity contribution < 1.29 is 19.7 Å². The number of carbonyl (C=O) groups excluding carboxylic acids is 1. The largest absolute Gasteiger partial charge is 0.466 e. The SMILES string of the molecule is CCCC(C)(O)CNCC1(O)CCC(C(=O)OCC)CC1. The van der Waals surface area contributed by atoms with E-state index in [0.29, 0.717) is 45.4 Å². The summed E-state index contributed by atoms with van der Waals surface area (Å²) >= 11 is 0. The van der Waals surface area contributed by atoms with Crippen LogP contribution in [0.25, 0.3) is 0 Å². The number of esters is 1. The van der Waals surface area contributed by atoms with E-state index in [9.17, 15) is 15.0 Å². The zero-order valence-electron chi connectivity index (χ0n) is 13.7. The molecule has 21 heavy (non-hydrogen) atoms. The first-order chi connectivity index (χ1) is 9.82. The van der Waals surface area contributed by atoms with E-state index in [4.69, 9.17) is 4.74 Å². The van der Waals surface area contributed by atoms with Crippen molar-refractivity contribution in [2.45, 2.75) is 70.5 Å². The predicted octanol–water partition coefficient (Wildman–Crippen LogP) is 1.61. The van der Waals surface area contributed by atoms with Gasteiger partial charge in [-0.25, -0.2) is 0 Å². The number of rotatable bonds is 8. The lowest BCUT2D eigenvalue weighted by Crippen LogP contribution is -2.48. The predicted molar refractivity (Wildman–Crippen MR) is 81.9 cm³/mol. The van der Waals surface area contributed by atoms with Crippen LogP contribution in [0.4, 0.5) is 0 Å². The number of carbonyl (C=O) groups is 1. The molecule has 1 rings (SSSR count). The van der Waals surface area contributed by atoms with Crippen LogP contribution in [0.3, 0.4) is 0 Å². The van der Waals surface area contributed by atoms with Gasteiger partial charge in [0.25, 0.3) is 0 Å². The summed E-state index contributed by atoms with van der Waals surface area (Å²) in [4.78, 5) is 11.7. The van der Waals surface area contributed by atoms with Crippen LogP contribution in [0.15, 0.2) is 0 Å². The van der Waals surface area contributed by atoms with Gasteiger partial charge in [-0.05, 0) is 46.0 Å². The zero-order valence-corrected chi connectivity index (χ0v) is 13.7. The van der Waals surface area contributed by atoms with Crippen molar-refractivity contribution in [3.05, 3.63) is 0 Å². The van der Waals surface area contributed by atoms with E-state index in [1.165, 1.54) is 0 Å². The lowest BCUT2D eigenvalue weighted by Gasteiger charge is -2.36. The fraction of sp³-hybridized carbons (Fsp3) is 0.938. The third-order valence-corrected chi connectivity index (χ3v) is 4.28. The van der Waals surface area contributed by atoms with Gasteiger partial charge in [0, 0.05) is 13.1 Å². The quantitative estimate of drug-likeness (QED) is 0.594. The summed E-state index contributed by atoms with van der Waals surface area (Å²) in [6.45, 7) is 7.01. The molecule has 0 amide bonds. The number of hydrogen-bond acceptors (Lipinski definition) is 5. The van der Waals surface area contributed by atoms with Crippen LogP contribution >= 0.6 is 0 Å². The highest BCUT2D eigenvalue weighted by Crippen LogP contribution is 2.32. The smallest absolute Gasteiger partial charge is 0.308 e. The van der Waals surface area contributed by atoms with Crippen molar-refractivity contribution >= 4 is 5.97 Å². The van der Waals surface area contributed by atoms with Gasteiger partial charge in [0.05, 0.1) is 23.7 Å². The summed E-state index contributed by atoms with van der Waals surface area (Å²) in [7, 11) is 0. The van der Waals surface area contributed by atoms with Gasteiger partial charge in [-0.1, -0.05) is 13.3 Å². The molecule has 0 spiro atoms. The first-order valence-corrected chi connectivity index (χ1v) is 8.14. The lowest BCUT2D eigenvalue weighted by molar-refractivity contribution is -0.151. The molecule has 1 unspecified atom stereocenters. The van der Waals surface area contributed by atoms with Crippen LogP contribution < -0.4 is 5.32 Å². The Morgan fingerprint density at radius 1 is 1.38 bits per heavy atom. The standard InChI is InChI=1S/C16H31NO4/c1-4-8-15(3,19)11-17-12-16(20)9-6-13(7-10-16)14(18)21-5-2/h13,17,19-20H,4-12H2,1-3H3. The normalized spacial score (nSPS) is 28.9. The molecule has 1 fully saturated rings. The van der Waals surface area contributed by atoms with Gasteiger partial charge in [0.2, 0.25) is 0 Å². The lowest BCUT2D eigenvalue weighted by atomic mass is 9.78. The summed E-state index contributed by atoms with van der Waals surface area (Å²) in [5.41, 5.74) is -1.50. The molecule has 0 aromatic rings. The number of aliphatic hydroxyl groups is 2. The molecule has 0 heterocycles. The van der Waals surface area contributed by atoms with E-state index in [0.717, 1.165) is 12.8 Å². The van der Waals surface area contributed by atoms with Crippen LogP contribution in [0.2, 0.25) is 0 Å². The van der Waals surface area contributed by atoms with E-state index < -0.39 is 11.2 Å². The number of nitrogens with one attached hydrogen (secondary N) is 1. The van der Waals surface area contributed by atoms with Crippen molar-refractivity contribution in [1.82, 2.24) is 5.32 Å². The molecule has 0 aromatic heterocycles. The second-order valence-corrected chi connectivity index (χ2v) is 6.60. The molecule has 1 aliphatic rings. The minimum atomic E-state index is -0.773. The summed E-state index contributed by atoms with van der Waals surface area (Å²) in [5, 5.41) is 23.8. The molecule has 0 aliphatic heterocycles. The number of hydrogen-bond donors (Lipinski definition) is 3. The van der Waals surface area contributed by atoms with Gasteiger partial charge in [-0.3, -0.25) is 4.79 Å². The molecule has 124 valence electrons. The topological polar surface area (TPSA) is 78.8 Å². The molecular weight excluding hydrogens is 270 g/mol. The third kappa shape index (κ3) is 6.32. The van der Waals surface area contributed by atoms with E-state index in [1.54, 1.807) is 0 Å². The first kappa shape index (κ1) is 18.4. The molecule has 1 saturated carbocycles. The van der Waals surface area contributed by atoms with Gasteiger partial charge in [-0.15, -0.1) is 0 Å². The zero-order chi connectivity index (χ0) is 15.9. The maximum atomic E-state index is 11.7. The van der Waals surface area contributed by atoms with E-state index in [1.807, 2.05) is 20.8 Å². The highest BCUT2D eigenvalue weighted by Gasteiger charge is 2.36. The van der Waals surface area contributed by atoms with E-state index >= 15 is 0 Å². The summed E-state index contributed by atoms with van der Waals surface area (Å²) in [6, 6.07) is 0.